The molecule has 10 nitrogen and oxygen atoms in total. The number of nitrogens with zero attached hydrogens (tertiary/aromatic N) is 4. The third-order valence-corrected chi connectivity index (χ3v) is 6.50. The molecule has 218 valence electrons. The number of benzene rings is 2. The first kappa shape index (κ1) is 29.6. The first-order valence-electron chi connectivity index (χ1n) is 13.2. The molecule has 0 fully saturated rings. The van der Waals surface area contributed by atoms with Crippen LogP contribution in [0.2, 0.25) is 0 Å². The number of alkyl halides is 3. The molecule has 0 aliphatic carbocycles. The summed E-state index contributed by atoms with van der Waals surface area (Å²) in [6, 6.07) is 8.38. The SMILES string of the molecule is Cc1ccc2c(c1)OCCCn1cc(nn1)CN(C(=O)c1ccc(C(F)(F)F)cc1)CCCNC(=O)[C@@H](C)NC2=O. The molecule has 0 spiro atoms. The van der Waals surface area contributed by atoms with E-state index in [1.807, 2.05) is 6.92 Å². The van der Waals surface area contributed by atoms with E-state index in [0.717, 1.165) is 29.8 Å². The number of amides is 3. The highest BCUT2D eigenvalue weighted by molar-refractivity contribution is 5.99. The first-order valence-corrected chi connectivity index (χ1v) is 13.2. The molecule has 3 amide bonds. The summed E-state index contributed by atoms with van der Waals surface area (Å²) in [4.78, 5) is 40.3. The molecule has 0 saturated heterocycles. The molecule has 13 heteroatoms. The monoisotopic (exact) mass is 572 g/mol. The summed E-state index contributed by atoms with van der Waals surface area (Å²) in [5.74, 6) is -0.929. The van der Waals surface area contributed by atoms with Crippen LogP contribution < -0.4 is 15.4 Å². The zero-order valence-electron chi connectivity index (χ0n) is 22.7. The summed E-state index contributed by atoms with van der Waals surface area (Å²) in [5, 5.41) is 13.7. The van der Waals surface area contributed by atoms with E-state index in [1.165, 1.54) is 4.90 Å². The van der Waals surface area contributed by atoms with Crippen LogP contribution in [0.5, 0.6) is 5.75 Å². The van der Waals surface area contributed by atoms with Crippen molar-refractivity contribution < 1.29 is 32.3 Å². The lowest BCUT2D eigenvalue weighted by Gasteiger charge is -2.22. The van der Waals surface area contributed by atoms with Crippen molar-refractivity contribution in [1.29, 1.82) is 0 Å². The van der Waals surface area contributed by atoms with Gasteiger partial charge >= 0.3 is 6.18 Å². The number of rotatable bonds is 1. The van der Waals surface area contributed by atoms with Gasteiger partial charge < -0.3 is 20.3 Å². The van der Waals surface area contributed by atoms with Crippen molar-refractivity contribution in [2.24, 2.45) is 0 Å². The van der Waals surface area contributed by atoms with Gasteiger partial charge in [-0.25, -0.2) is 0 Å². The van der Waals surface area contributed by atoms with E-state index >= 15 is 0 Å². The Morgan fingerprint density at radius 2 is 1.83 bits per heavy atom. The van der Waals surface area contributed by atoms with Crippen LogP contribution in [0.15, 0.2) is 48.7 Å². The maximum absolute atomic E-state index is 13.3. The van der Waals surface area contributed by atoms with Gasteiger partial charge in [0, 0.05) is 31.6 Å². The molecule has 1 aromatic heterocycles. The van der Waals surface area contributed by atoms with Gasteiger partial charge in [0.25, 0.3) is 11.8 Å². The van der Waals surface area contributed by atoms with E-state index in [-0.39, 0.29) is 31.8 Å². The smallest absolute Gasteiger partial charge is 0.416 e. The quantitative estimate of drug-likeness (QED) is 0.462. The van der Waals surface area contributed by atoms with Crippen molar-refractivity contribution >= 4 is 17.7 Å². The van der Waals surface area contributed by atoms with Gasteiger partial charge in [-0.05, 0) is 62.2 Å². The minimum absolute atomic E-state index is 0.0728. The Morgan fingerprint density at radius 3 is 2.56 bits per heavy atom. The second kappa shape index (κ2) is 12.8. The second-order valence-electron chi connectivity index (χ2n) is 9.82. The summed E-state index contributed by atoms with van der Waals surface area (Å²) in [7, 11) is 0. The fourth-order valence-electron chi connectivity index (χ4n) is 4.27. The van der Waals surface area contributed by atoms with Gasteiger partial charge in [0.1, 0.15) is 17.5 Å². The zero-order chi connectivity index (χ0) is 29.6. The van der Waals surface area contributed by atoms with Crippen LogP contribution in [0, 0.1) is 6.92 Å². The Kier molecular flexibility index (Phi) is 9.25. The number of ether oxygens (including phenoxy) is 1. The predicted molar refractivity (Wildman–Crippen MR) is 142 cm³/mol. The molecule has 0 radical (unpaired) electrons. The maximum atomic E-state index is 13.3. The molecule has 2 bridgehead atoms. The number of carbonyl (C=O) groups excluding carboxylic acids is 3. The summed E-state index contributed by atoms with van der Waals surface area (Å²) < 4.78 is 46.5. The van der Waals surface area contributed by atoms with Gasteiger partial charge in [-0.15, -0.1) is 5.10 Å². The zero-order valence-corrected chi connectivity index (χ0v) is 22.7. The standard InChI is InChI=1S/C28H31F3N6O4/c1-18-5-10-23-24(15-18)41-14-4-13-37-17-22(34-35-37)16-36(12-3-11-32-25(38)19(2)33-26(23)39)27(40)20-6-8-21(9-7-20)28(29,30)31/h5-10,15,17,19H,3-4,11-14,16H2,1-2H3,(H,32,38)(H,33,39)/t19-/m1/s1. The van der Waals surface area contributed by atoms with E-state index < -0.39 is 35.5 Å². The number of aryl methyl sites for hydroxylation is 2. The van der Waals surface area contributed by atoms with Gasteiger partial charge in [-0.3, -0.25) is 19.1 Å². The Bertz CT molecular complexity index is 1390. The molecule has 3 aromatic rings. The molecule has 1 atom stereocenters. The molecule has 2 aromatic carbocycles. The van der Waals surface area contributed by atoms with Gasteiger partial charge in [0.2, 0.25) is 5.91 Å². The van der Waals surface area contributed by atoms with Crippen molar-refractivity contribution in [3.8, 4) is 5.75 Å². The summed E-state index contributed by atoms with van der Waals surface area (Å²) in [6.45, 7) is 4.65. The number of nitrogens with one attached hydrogen (secondary N) is 2. The Hall–Kier alpha value is -4.42. The average molecular weight is 573 g/mol. The molecule has 41 heavy (non-hydrogen) atoms. The van der Waals surface area contributed by atoms with E-state index in [1.54, 1.807) is 36.0 Å². The van der Waals surface area contributed by atoms with Gasteiger partial charge in [0.15, 0.2) is 0 Å². The number of hydrogen-bond donors (Lipinski definition) is 2. The van der Waals surface area contributed by atoms with Gasteiger partial charge in [0.05, 0.1) is 30.5 Å². The van der Waals surface area contributed by atoms with E-state index in [4.69, 9.17) is 4.74 Å². The third-order valence-electron chi connectivity index (χ3n) is 6.50. The topological polar surface area (TPSA) is 118 Å². The molecule has 2 N–H and O–H groups in total. The van der Waals surface area contributed by atoms with Crippen LogP contribution in [-0.2, 0) is 24.1 Å². The minimum atomic E-state index is -4.51. The minimum Gasteiger partial charge on any atom is -0.493 e. The van der Waals surface area contributed by atoms with E-state index in [0.29, 0.717) is 36.4 Å². The third kappa shape index (κ3) is 7.83. The van der Waals surface area contributed by atoms with E-state index in [2.05, 4.69) is 20.9 Å². The number of carbonyl (C=O) groups is 3. The van der Waals surface area contributed by atoms with Crippen molar-refractivity contribution in [3.05, 3.63) is 76.6 Å². The lowest BCUT2D eigenvalue weighted by molar-refractivity contribution is -0.137. The molecule has 1 aliphatic heterocycles. The highest BCUT2D eigenvalue weighted by Gasteiger charge is 2.30. The molecule has 1 aliphatic rings. The fraction of sp³-hybridized carbons (Fsp3) is 0.393. The van der Waals surface area contributed by atoms with Crippen molar-refractivity contribution in [2.45, 2.75) is 52.0 Å². The average Bonchev–Trinajstić information content (AvgIpc) is 3.38. The molecule has 0 saturated carbocycles. The maximum Gasteiger partial charge on any atom is 0.416 e. The first-order chi connectivity index (χ1) is 19.5. The molecule has 0 unspecified atom stereocenters. The second-order valence-corrected chi connectivity index (χ2v) is 9.82. The predicted octanol–water partition coefficient (Wildman–Crippen LogP) is 3.36. The summed E-state index contributed by atoms with van der Waals surface area (Å²) in [6.07, 6.45) is -1.93. The highest BCUT2D eigenvalue weighted by atomic mass is 19.4. The Labute approximate surface area is 234 Å². The molecule has 4 rings (SSSR count). The summed E-state index contributed by atoms with van der Waals surface area (Å²) in [5.41, 5.74) is 0.970. The number of hydrogen-bond acceptors (Lipinski definition) is 6. The lowest BCUT2D eigenvalue weighted by Crippen LogP contribution is -2.45. The van der Waals surface area contributed by atoms with Crippen LogP contribution in [0.1, 0.15) is 57.3 Å². The number of fused-ring (bicyclic) bond motifs is 3. The summed E-state index contributed by atoms with van der Waals surface area (Å²) >= 11 is 0. The lowest BCUT2D eigenvalue weighted by atomic mass is 10.1. The number of aromatic nitrogens is 3. The van der Waals surface area contributed by atoms with Gasteiger partial charge in [-0.1, -0.05) is 11.3 Å². The van der Waals surface area contributed by atoms with E-state index in [9.17, 15) is 27.6 Å². The molecular formula is C28H31F3N6O4. The van der Waals surface area contributed by atoms with Crippen LogP contribution in [0.4, 0.5) is 13.2 Å². The van der Waals surface area contributed by atoms with Crippen LogP contribution in [0.3, 0.4) is 0 Å². The van der Waals surface area contributed by atoms with Crippen molar-refractivity contribution in [1.82, 2.24) is 30.5 Å². The Balaban J connectivity index is 1.52. The van der Waals surface area contributed by atoms with Crippen molar-refractivity contribution in [3.63, 3.8) is 0 Å². The van der Waals surface area contributed by atoms with Crippen LogP contribution in [-0.4, -0.2) is 63.4 Å². The molecular weight excluding hydrogens is 541 g/mol. The van der Waals surface area contributed by atoms with Crippen molar-refractivity contribution in [2.75, 3.05) is 19.7 Å². The number of halogens is 3. The largest absolute Gasteiger partial charge is 0.493 e. The Morgan fingerprint density at radius 1 is 1.07 bits per heavy atom. The van der Waals surface area contributed by atoms with Crippen LogP contribution >= 0.6 is 0 Å². The van der Waals surface area contributed by atoms with Crippen LogP contribution in [0.25, 0.3) is 0 Å². The highest BCUT2D eigenvalue weighted by Crippen LogP contribution is 2.29. The molecule has 2 heterocycles. The van der Waals surface area contributed by atoms with Gasteiger partial charge in [-0.2, -0.15) is 13.2 Å². The normalized spacial score (nSPS) is 17.7. The fourth-order valence-corrected chi connectivity index (χ4v) is 4.27.